The second-order valence-electron chi connectivity index (χ2n) is 3.70. The molecule has 1 aromatic rings. The predicted molar refractivity (Wildman–Crippen MR) is 61.0 cm³/mol. The molecule has 0 heterocycles. The summed E-state index contributed by atoms with van der Waals surface area (Å²) < 4.78 is 0. The third-order valence-corrected chi connectivity index (χ3v) is 2.41. The minimum Gasteiger partial charge on any atom is -0.385 e. The van der Waals surface area contributed by atoms with E-state index in [-0.39, 0.29) is 10.6 Å². The maximum absolute atomic E-state index is 10.5. The monoisotopic (exact) mass is 208 g/mol. The minimum atomic E-state index is -0.381. The number of nitrogens with zero attached hydrogens (tertiary/aromatic N) is 1. The van der Waals surface area contributed by atoms with Gasteiger partial charge in [-0.15, -0.1) is 0 Å². The summed E-state index contributed by atoms with van der Waals surface area (Å²) in [5.74, 6) is 0.573. The fourth-order valence-electron chi connectivity index (χ4n) is 1.17. The number of nitro groups is 1. The van der Waals surface area contributed by atoms with Gasteiger partial charge in [-0.2, -0.15) is 0 Å². The molecule has 0 aliphatic rings. The van der Waals surface area contributed by atoms with E-state index in [9.17, 15) is 10.1 Å². The van der Waals surface area contributed by atoms with Gasteiger partial charge in [0, 0.05) is 24.4 Å². The van der Waals surface area contributed by atoms with Crippen LogP contribution in [0, 0.1) is 16.0 Å². The summed E-state index contributed by atoms with van der Waals surface area (Å²) in [4.78, 5) is 10.1. The van der Waals surface area contributed by atoms with Crippen LogP contribution in [0.4, 0.5) is 11.4 Å². The number of hydrogen-bond acceptors (Lipinski definition) is 3. The van der Waals surface area contributed by atoms with E-state index in [1.54, 1.807) is 12.1 Å². The van der Waals surface area contributed by atoms with Crippen LogP contribution in [0.3, 0.4) is 0 Å². The first kappa shape index (κ1) is 11.5. The van der Waals surface area contributed by atoms with Gasteiger partial charge in [-0.25, -0.2) is 0 Å². The molecule has 4 nitrogen and oxygen atoms in total. The molecule has 0 radical (unpaired) electrons. The average Bonchev–Trinajstić information content (AvgIpc) is 2.26. The number of nitrogens with one attached hydrogen (secondary N) is 1. The lowest BCUT2D eigenvalue weighted by Gasteiger charge is -2.10. The van der Waals surface area contributed by atoms with Crippen molar-refractivity contribution in [3.8, 4) is 0 Å². The number of rotatable bonds is 5. The Morgan fingerprint density at radius 1 is 1.53 bits per heavy atom. The number of nitro benzene ring substituents is 1. The fourth-order valence-corrected chi connectivity index (χ4v) is 1.17. The highest BCUT2D eigenvalue weighted by Crippen LogP contribution is 2.17. The van der Waals surface area contributed by atoms with Crippen LogP contribution in [0.25, 0.3) is 0 Å². The summed E-state index contributed by atoms with van der Waals surface area (Å²) in [5.41, 5.74) is 0.939. The van der Waals surface area contributed by atoms with E-state index in [1.807, 2.05) is 6.07 Å². The Balaban J connectivity index is 2.62. The molecule has 0 aliphatic carbocycles. The molecule has 0 saturated carbocycles. The normalized spacial score (nSPS) is 12.1. The minimum absolute atomic E-state index is 0.129. The van der Waals surface area contributed by atoms with Crippen LogP contribution in [-0.4, -0.2) is 11.5 Å². The summed E-state index contributed by atoms with van der Waals surface area (Å²) in [6.45, 7) is 5.11. The van der Waals surface area contributed by atoms with Gasteiger partial charge in [0.2, 0.25) is 0 Å². The van der Waals surface area contributed by atoms with E-state index in [1.165, 1.54) is 6.07 Å². The van der Waals surface area contributed by atoms with Crippen LogP contribution in [0.1, 0.15) is 20.3 Å². The van der Waals surface area contributed by atoms with E-state index >= 15 is 0 Å². The van der Waals surface area contributed by atoms with Gasteiger partial charge in [0.05, 0.1) is 4.92 Å². The van der Waals surface area contributed by atoms with Crippen molar-refractivity contribution in [3.05, 3.63) is 34.4 Å². The highest BCUT2D eigenvalue weighted by Gasteiger charge is 2.05. The largest absolute Gasteiger partial charge is 0.385 e. The maximum atomic E-state index is 10.5. The lowest BCUT2D eigenvalue weighted by molar-refractivity contribution is -0.384. The first-order valence-corrected chi connectivity index (χ1v) is 5.11. The molecule has 15 heavy (non-hydrogen) atoms. The lowest BCUT2D eigenvalue weighted by Crippen LogP contribution is -2.10. The highest BCUT2D eigenvalue weighted by molar-refractivity contribution is 5.50. The molecule has 82 valence electrons. The van der Waals surface area contributed by atoms with E-state index in [2.05, 4.69) is 19.2 Å². The van der Waals surface area contributed by atoms with E-state index in [0.717, 1.165) is 18.7 Å². The van der Waals surface area contributed by atoms with Crippen LogP contribution in [-0.2, 0) is 0 Å². The van der Waals surface area contributed by atoms with Crippen LogP contribution >= 0.6 is 0 Å². The molecule has 0 amide bonds. The van der Waals surface area contributed by atoms with Crippen LogP contribution in [0.5, 0.6) is 0 Å². The van der Waals surface area contributed by atoms with Gasteiger partial charge < -0.3 is 5.32 Å². The van der Waals surface area contributed by atoms with Crippen molar-refractivity contribution in [3.63, 3.8) is 0 Å². The molecule has 1 aromatic carbocycles. The Bertz CT molecular complexity index is 339. The van der Waals surface area contributed by atoms with Crippen LogP contribution in [0.2, 0.25) is 0 Å². The quantitative estimate of drug-likeness (QED) is 0.597. The van der Waals surface area contributed by atoms with Gasteiger partial charge in [-0.1, -0.05) is 26.3 Å². The number of hydrogen-bond donors (Lipinski definition) is 1. The van der Waals surface area contributed by atoms with Gasteiger partial charge in [0.1, 0.15) is 0 Å². The highest BCUT2D eigenvalue weighted by atomic mass is 16.6. The van der Waals surface area contributed by atoms with Crippen molar-refractivity contribution < 1.29 is 4.92 Å². The summed E-state index contributed by atoms with van der Waals surface area (Å²) >= 11 is 0. The molecule has 1 N–H and O–H groups in total. The van der Waals surface area contributed by atoms with E-state index < -0.39 is 0 Å². The molecule has 0 bridgehead atoms. The van der Waals surface area contributed by atoms with E-state index in [0.29, 0.717) is 5.92 Å². The summed E-state index contributed by atoms with van der Waals surface area (Å²) in [5, 5.41) is 13.7. The molecule has 0 aromatic heterocycles. The van der Waals surface area contributed by atoms with Gasteiger partial charge in [0.25, 0.3) is 5.69 Å². The molecule has 0 saturated heterocycles. The average molecular weight is 208 g/mol. The topological polar surface area (TPSA) is 55.2 Å². The molecule has 1 unspecified atom stereocenters. The first-order chi connectivity index (χ1) is 7.13. The second kappa shape index (κ2) is 5.34. The van der Waals surface area contributed by atoms with Gasteiger partial charge in [-0.05, 0) is 12.0 Å². The molecular formula is C11H16N2O2. The van der Waals surface area contributed by atoms with Crippen molar-refractivity contribution in [2.75, 3.05) is 11.9 Å². The number of anilines is 1. The molecule has 4 heteroatoms. The Morgan fingerprint density at radius 3 is 2.87 bits per heavy atom. The van der Waals surface area contributed by atoms with Gasteiger partial charge >= 0.3 is 0 Å². The second-order valence-corrected chi connectivity index (χ2v) is 3.70. The zero-order valence-corrected chi connectivity index (χ0v) is 9.06. The molecular weight excluding hydrogens is 192 g/mol. The van der Waals surface area contributed by atoms with Crippen LogP contribution < -0.4 is 5.32 Å². The number of non-ortho nitro benzene ring substituents is 1. The van der Waals surface area contributed by atoms with Crippen molar-refractivity contribution in [2.24, 2.45) is 5.92 Å². The molecule has 0 fully saturated rings. The smallest absolute Gasteiger partial charge is 0.271 e. The summed E-state index contributed by atoms with van der Waals surface area (Å²) in [7, 11) is 0. The molecule has 0 spiro atoms. The molecule has 1 rings (SSSR count). The van der Waals surface area contributed by atoms with Crippen molar-refractivity contribution >= 4 is 11.4 Å². The molecule has 1 atom stereocenters. The SMILES string of the molecule is CCC(C)CNc1cccc([N+](=O)[O-])c1. The van der Waals surface area contributed by atoms with Gasteiger partial charge in [0.15, 0.2) is 0 Å². The third-order valence-electron chi connectivity index (χ3n) is 2.41. The maximum Gasteiger partial charge on any atom is 0.271 e. The fraction of sp³-hybridized carbons (Fsp3) is 0.455. The standard InChI is InChI=1S/C11H16N2O2/c1-3-9(2)8-12-10-5-4-6-11(7-10)13(14)15/h4-7,9,12H,3,8H2,1-2H3. The predicted octanol–water partition coefficient (Wildman–Crippen LogP) is 3.05. The summed E-state index contributed by atoms with van der Waals surface area (Å²) in [6, 6.07) is 6.59. The Kier molecular flexibility index (Phi) is 4.09. The van der Waals surface area contributed by atoms with E-state index in [4.69, 9.17) is 0 Å². The lowest BCUT2D eigenvalue weighted by atomic mass is 10.1. The first-order valence-electron chi connectivity index (χ1n) is 5.11. The Labute approximate surface area is 89.5 Å². The zero-order valence-electron chi connectivity index (χ0n) is 9.06. The van der Waals surface area contributed by atoms with Crippen molar-refractivity contribution in [1.29, 1.82) is 0 Å². The number of benzene rings is 1. The van der Waals surface area contributed by atoms with Crippen molar-refractivity contribution in [1.82, 2.24) is 0 Å². The zero-order chi connectivity index (χ0) is 11.3. The summed E-state index contributed by atoms with van der Waals surface area (Å²) in [6.07, 6.45) is 1.10. The van der Waals surface area contributed by atoms with Gasteiger partial charge in [-0.3, -0.25) is 10.1 Å². The Morgan fingerprint density at radius 2 is 2.27 bits per heavy atom. The third kappa shape index (κ3) is 3.58. The molecule has 0 aliphatic heterocycles. The van der Waals surface area contributed by atoms with Crippen LogP contribution in [0.15, 0.2) is 24.3 Å². The van der Waals surface area contributed by atoms with Crippen molar-refractivity contribution in [2.45, 2.75) is 20.3 Å². The Hall–Kier alpha value is -1.58.